The average Bonchev–Trinajstić information content (AvgIpc) is 2.67. The first-order valence-corrected chi connectivity index (χ1v) is 8.86. The number of nitrogens with zero attached hydrogens (tertiary/aromatic N) is 1. The summed E-state index contributed by atoms with van der Waals surface area (Å²) in [6, 6.07) is 15.7. The van der Waals surface area contributed by atoms with E-state index in [9.17, 15) is 14.0 Å². The summed E-state index contributed by atoms with van der Waals surface area (Å²) in [5.74, 6) is -0.962. The smallest absolute Gasteiger partial charge is 0.256 e. The average molecular weight is 354 g/mol. The van der Waals surface area contributed by atoms with E-state index in [-0.39, 0.29) is 17.4 Å². The number of carbonyl (C=O) groups is 2. The van der Waals surface area contributed by atoms with Crippen molar-refractivity contribution in [3.8, 4) is 0 Å². The first-order valence-electron chi connectivity index (χ1n) is 8.86. The second kappa shape index (κ2) is 7.68. The van der Waals surface area contributed by atoms with Crippen LogP contribution in [-0.2, 0) is 11.3 Å². The predicted molar refractivity (Wildman–Crippen MR) is 97.9 cm³/mol. The van der Waals surface area contributed by atoms with Crippen LogP contribution in [0.25, 0.3) is 0 Å². The number of rotatable bonds is 4. The van der Waals surface area contributed by atoms with Crippen LogP contribution >= 0.6 is 0 Å². The Morgan fingerprint density at radius 3 is 2.54 bits per heavy atom. The zero-order valence-electron chi connectivity index (χ0n) is 14.9. The van der Waals surface area contributed by atoms with Crippen LogP contribution in [0, 0.1) is 11.2 Å². The Kier molecular flexibility index (Phi) is 5.35. The van der Waals surface area contributed by atoms with Gasteiger partial charge < -0.3 is 10.2 Å². The van der Waals surface area contributed by atoms with Gasteiger partial charge in [0.15, 0.2) is 0 Å². The topological polar surface area (TPSA) is 49.4 Å². The Morgan fingerprint density at radius 1 is 1.12 bits per heavy atom. The van der Waals surface area contributed by atoms with Crippen molar-refractivity contribution in [1.29, 1.82) is 0 Å². The molecule has 1 atom stereocenters. The fraction of sp³-hybridized carbons (Fsp3) is 0.333. The molecule has 0 aliphatic carbocycles. The number of benzene rings is 2. The SMILES string of the molecule is C[C@]1(C(=O)NCc2ccccc2)CCCN(C(=O)c2ccccc2F)C1. The monoisotopic (exact) mass is 354 g/mol. The third-order valence-corrected chi connectivity index (χ3v) is 4.93. The molecule has 0 spiro atoms. The highest BCUT2D eigenvalue weighted by atomic mass is 19.1. The van der Waals surface area contributed by atoms with Crippen LogP contribution in [0.3, 0.4) is 0 Å². The number of piperidine rings is 1. The van der Waals surface area contributed by atoms with Gasteiger partial charge in [-0.2, -0.15) is 0 Å². The summed E-state index contributed by atoms with van der Waals surface area (Å²) in [7, 11) is 0. The molecular formula is C21H23FN2O2. The van der Waals surface area contributed by atoms with Crippen LogP contribution in [0.5, 0.6) is 0 Å². The molecule has 1 saturated heterocycles. The van der Waals surface area contributed by atoms with E-state index in [1.54, 1.807) is 17.0 Å². The lowest BCUT2D eigenvalue weighted by molar-refractivity contribution is -0.132. The van der Waals surface area contributed by atoms with Crippen molar-refractivity contribution in [3.05, 3.63) is 71.5 Å². The van der Waals surface area contributed by atoms with Gasteiger partial charge in [-0.15, -0.1) is 0 Å². The highest BCUT2D eigenvalue weighted by Crippen LogP contribution is 2.31. The van der Waals surface area contributed by atoms with E-state index >= 15 is 0 Å². The summed E-state index contributed by atoms with van der Waals surface area (Å²) in [4.78, 5) is 27.0. The lowest BCUT2D eigenvalue weighted by Gasteiger charge is -2.39. The van der Waals surface area contributed by atoms with Gasteiger partial charge in [0.05, 0.1) is 11.0 Å². The van der Waals surface area contributed by atoms with E-state index in [2.05, 4.69) is 5.32 Å². The second-order valence-electron chi connectivity index (χ2n) is 7.04. The molecule has 0 radical (unpaired) electrons. The maximum atomic E-state index is 13.9. The maximum absolute atomic E-state index is 13.9. The number of amides is 2. The van der Waals surface area contributed by atoms with E-state index in [4.69, 9.17) is 0 Å². The summed E-state index contributed by atoms with van der Waals surface area (Å²) in [5, 5.41) is 2.97. The van der Waals surface area contributed by atoms with E-state index in [1.165, 1.54) is 12.1 Å². The molecule has 2 aromatic rings. The van der Waals surface area contributed by atoms with Gasteiger partial charge in [-0.25, -0.2) is 4.39 Å². The van der Waals surface area contributed by atoms with Gasteiger partial charge in [0.2, 0.25) is 5.91 Å². The molecule has 3 rings (SSSR count). The van der Waals surface area contributed by atoms with Gasteiger partial charge in [0.1, 0.15) is 5.82 Å². The molecule has 0 unspecified atom stereocenters. The molecule has 0 saturated carbocycles. The van der Waals surface area contributed by atoms with E-state index in [1.807, 2.05) is 37.3 Å². The molecule has 1 aliphatic rings. The molecule has 0 aromatic heterocycles. The molecule has 26 heavy (non-hydrogen) atoms. The van der Waals surface area contributed by atoms with E-state index in [0.717, 1.165) is 12.0 Å². The minimum atomic E-state index is -0.673. The lowest BCUT2D eigenvalue weighted by Crippen LogP contribution is -2.51. The number of likely N-dealkylation sites (tertiary alicyclic amines) is 1. The van der Waals surface area contributed by atoms with Crippen molar-refractivity contribution in [2.24, 2.45) is 5.41 Å². The van der Waals surface area contributed by atoms with Crippen molar-refractivity contribution >= 4 is 11.8 Å². The molecule has 4 nitrogen and oxygen atoms in total. The predicted octanol–water partition coefficient (Wildman–Crippen LogP) is 3.38. The van der Waals surface area contributed by atoms with Gasteiger partial charge in [-0.3, -0.25) is 9.59 Å². The van der Waals surface area contributed by atoms with Crippen LogP contribution < -0.4 is 5.32 Å². The van der Waals surface area contributed by atoms with Gasteiger partial charge in [0.25, 0.3) is 5.91 Å². The zero-order chi connectivity index (χ0) is 18.6. The summed E-state index contributed by atoms with van der Waals surface area (Å²) in [6.07, 6.45) is 1.42. The third kappa shape index (κ3) is 3.93. The molecule has 5 heteroatoms. The Labute approximate surface area is 153 Å². The summed E-state index contributed by atoms with van der Waals surface area (Å²) in [5.41, 5.74) is 0.412. The van der Waals surface area contributed by atoms with E-state index in [0.29, 0.717) is 26.1 Å². The maximum Gasteiger partial charge on any atom is 0.256 e. The number of halogens is 1. The van der Waals surface area contributed by atoms with Gasteiger partial charge in [-0.1, -0.05) is 42.5 Å². The number of hydrogen-bond acceptors (Lipinski definition) is 2. The Balaban J connectivity index is 1.67. The molecule has 1 fully saturated rings. The van der Waals surface area contributed by atoms with Crippen molar-refractivity contribution in [2.45, 2.75) is 26.3 Å². The number of nitrogens with one attached hydrogen (secondary N) is 1. The van der Waals surface area contributed by atoms with Crippen molar-refractivity contribution in [3.63, 3.8) is 0 Å². The first-order chi connectivity index (χ1) is 12.5. The van der Waals surface area contributed by atoms with Crippen LogP contribution in [0.2, 0.25) is 0 Å². The second-order valence-corrected chi connectivity index (χ2v) is 7.04. The van der Waals surface area contributed by atoms with Crippen molar-refractivity contribution in [2.75, 3.05) is 13.1 Å². The standard InChI is InChI=1S/C21H23FN2O2/c1-21(20(26)23-14-16-8-3-2-4-9-16)12-7-13-24(15-21)19(25)17-10-5-6-11-18(17)22/h2-6,8-11H,7,12-15H2,1H3,(H,23,26)/t21-/m0/s1. The largest absolute Gasteiger partial charge is 0.351 e. The summed E-state index contributed by atoms with van der Waals surface area (Å²) < 4.78 is 13.9. The van der Waals surface area contributed by atoms with Crippen molar-refractivity contribution < 1.29 is 14.0 Å². The van der Waals surface area contributed by atoms with Gasteiger partial charge >= 0.3 is 0 Å². The third-order valence-electron chi connectivity index (χ3n) is 4.93. The van der Waals surface area contributed by atoms with Crippen LogP contribution in [0.15, 0.2) is 54.6 Å². The van der Waals surface area contributed by atoms with E-state index < -0.39 is 11.2 Å². The Morgan fingerprint density at radius 2 is 1.81 bits per heavy atom. The molecule has 0 bridgehead atoms. The Hall–Kier alpha value is -2.69. The lowest BCUT2D eigenvalue weighted by atomic mass is 9.80. The van der Waals surface area contributed by atoms with Crippen LogP contribution in [0.4, 0.5) is 4.39 Å². The number of carbonyl (C=O) groups excluding carboxylic acids is 2. The molecule has 1 aliphatic heterocycles. The first kappa shape index (κ1) is 18.1. The zero-order valence-corrected chi connectivity index (χ0v) is 14.9. The molecule has 2 amide bonds. The molecule has 1 heterocycles. The highest BCUT2D eigenvalue weighted by Gasteiger charge is 2.39. The Bertz CT molecular complexity index is 794. The summed E-state index contributed by atoms with van der Waals surface area (Å²) in [6.45, 7) is 3.15. The van der Waals surface area contributed by atoms with Gasteiger partial charge in [0, 0.05) is 19.6 Å². The molecule has 1 N–H and O–H groups in total. The molecule has 136 valence electrons. The molecule has 2 aromatic carbocycles. The minimum Gasteiger partial charge on any atom is -0.351 e. The van der Waals surface area contributed by atoms with Crippen LogP contribution in [0.1, 0.15) is 35.7 Å². The minimum absolute atomic E-state index is 0.0569. The number of hydrogen-bond donors (Lipinski definition) is 1. The highest BCUT2D eigenvalue weighted by molar-refractivity contribution is 5.95. The summed E-state index contributed by atoms with van der Waals surface area (Å²) >= 11 is 0. The van der Waals surface area contributed by atoms with Crippen molar-refractivity contribution in [1.82, 2.24) is 10.2 Å². The van der Waals surface area contributed by atoms with Crippen LogP contribution in [-0.4, -0.2) is 29.8 Å². The molecular weight excluding hydrogens is 331 g/mol. The normalized spacial score (nSPS) is 19.8. The quantitative estimate of drug-likeness (QED) is 0.915. The fourth-order valence-electron chi connectivity index (χ4n) is 3.39. The van der Waals surface area contributed by atoms with Gasteiger partial charge in [-0.05, 0) is 37.5 Å². The fourth-order valence-corrected chi connectivity index (χ4v) is 3.39.